The summed E-state index contributed by atoms with van der Waals surface area (Å²) in [6.45, 7) is 4.47. The van der Waals surface area contributed by atoms with Crippen LogP contribution in [0.3, 0.4) is 0 Å². The molecule has 23 heavy (non-hydrogen) atoms. The van der Waals surface area contributed by atoms with Crippen LogP contribution in [0.5, 0.6) is 0 Å². The topological polar surface area (TPSA) is 17.4 Å². The molecular formula is C17H15Br3N2O. The molecule has 0 radical (unpaired) electrons. The van der Waals surface area contributed by atoms with Gasteiger partial charge >= 0.3 is 0 Å². The van der Waals surface area contributed by atoms with Gasteiger partial charge in [-0.2, -0.15) is 0 Å². The van der Waals surface area contributed by atoms with Gasteiger partial charge in [-0.25, -0.2) is 0 Å². The van der Waals surface area contributed by atoms with Crippen molar-refractivity contribution in [1.29, 1.82) is 0 Å². The third kappa shape index (κ3) is 3.00. The van der Waals surface area contributed by atoms with Gasteiger partial charge < -0.3 is 9.30 Å². The summed E-state index contributed by atoms with van der Waals surface area (Å²) >= 11 is 11.0. The summed E-state index contributed by atoms with van der Waals surface area (Å²) in [7, 11) is 0. The van der Waals surface area contributed by atoms with Crippen molar-refractivity contribution in [3.05, 3.63) is 43.7 Å². The number of rotatable bonds is 2. The fourth-order valence-corrected chi connectivity index (χ4v) is 5.02. The number of morpholine rings is 1. The third-order valence-corrected chi connectivity index (χ3v) is 5.84. The van der Waals surface area contributed by atoms with Crippen molar-refractivity contribution in [1.82, 2.24) is 9.47 Å². The van der Waals surface area contributed by atoms with E-state index in [9.17, 15) is 0 Å². The maximum absolute atomic E-state index is 5.48. The van der Waals surface area contributed by atoms with Crippen molar-refractivity contribution in [3.8, 4) is 0 Å². The average Bonchev–Trinajstić information content (AvgIpc) is 2.82. The summed E-state index contributed by atoms with van der Waals surface area (Å²) in [6, 6.07) is 10.8. The van der Waals surface area contributed by atoms with Gasteiger partial charge in [-0.1, -0.05) is 31.9 Å². The lowest BCUT2D eigenvalue weighted by Crippen LogP contribution is -2.37. The Morgan fingerprint density at radius 1 is 0.913 bits per heavy atom. The molecule has 0 N–H and O–H groups in total. The normalized spacial score (nSPS) is 16.5. The molecule has 1 aromatic heterocycles. The molecule has 1 saturated heterocycles. The number of fused-ring (bicyclic) bond motifs is 3. The van der Waals surface area contributed by atoms with E-state index in [0.717, 1.165) is 46.4 Å². The number of nitrogens with zero attached hydrogens (tertiary/aromatic N) is 2. The van der Waals surface area contributed by atoms with E-state index in [-0.39, 0.29) is 0 Å². The molecule has 1 fully saturated rings. The highest BCUT2D eigenvalue weighted by atomic mass is 79.9. The van der Waals surface area contributed by atoms with Crippen LogP contribution < -0.4 is 0 Å². The van der Waals surface area contributed by atoms with E-state index in [2.05, 4.69) is 87.6 Å². The molecule has 3 aromatic rings. The second kappa shape index (κ2) is 6.48. The summed E-state index contributed by atoms with van der Waals surface area (Å²) < 4.78 is 11.2. The SMILES string of the molecule is Brc1ccc2c(c1)c1cc(Br)cc(Br)c1n2CN1CCOCC1. The van der Waals surface area contributed by atoms with Crippen LogP contribution in [-0.2, 0) is 11.4 Å². The first-order chi connectivity index (χ1) is 11.1. The third-order valence-electron chi connectivity index (χ3n) is 4.28. The van der Waals surface area contributed by atoms with Crippen LogP contribution >= 0.6 is 47.8 Å². The largest absolute Gasteiger partial charge is 0.379 e. The van der Waals surface area contributed by atoms with Gasteiger partial charge in [0.1, 0.15) is 0 Å². The molecule has 0 amide bonds. The van der Waals surface area contributed by atoms with Gasteiger partial charge in [0.25, 0.3) is 0 Å². The zero-order chi connectivity index (χ0) is 16.0. The van der Waals surface area contributed by atoms with Crippen LogP contribution in [0.2, 0.25) is 0 Å². The van der Waals surface area contributed by atoms with Gasteiger partial charge in [0.2, 0.25) is 0 Å². The van der Waals surface area contributed by atoms with Crippen molar-refractivity contribution < 1.29 is 4.74 Å². The van der Waals surface area contributed by atoms with Crippen LogP contribution in [0.15, 0.2) is 43.7 Å². The summed E-state index contributed by atoms with van der Waals surface area (Å²) in [6.07, 6.45) is 0. The molecule has 1 aliphatic rings. The highest BCUT2D eigenvalue weighted by molar-refractivity contribution is 9.11. The summed E-state index contributed by atoms with van der Waals surface area (Å²) in [5.74, 6) is 0. The standard InChI is InChI=1S/C17H15Br3N2O/c18-11-1-2-16-13(7-11)14-8-12(19)9-15(20)17(14)22(16)10-21-3-5-23-6-4-21/h1-2,7-9H,3-6,10H2. The fourth-order valence-electron chi connectivity index (χ4n) is 3.21. The first kappa shape index (κ1) is 16.1. The minimum absolute atomic E-state index is 0.815. The second-order valence-electron chi connectivity index (χ2n) is 5.75. The van der Waals surface area contributed by atoms with Crippen LogP contribution in [0.25, 0.3) is 21.8 Å². The minimum atomic E-state index is 0.815. The minimum Gasteiger partial charge on any atom is -0.379 e. The zero-order valence-corrected chi connectivity index (χ0v) is 17.1. The van der Waals surface area contributed by atoms with Crippen molar-refractivity contribution in [2.24, 2.45) is 0 Å². The Hall–Kier alpha value is -0.400. The van der Waals surface area contributed by atoms with E-state index >= 15 is 0 Å². The van der Waals surface area contributed by atoms with Crippen molar-refractivity contribution in [2.45, 2.75) is 6.67 Å². The smallest absolute Gasteiger partial charge is 0.0759 e. The quantitative estimate of drug-likeness (QED) is 0.468. The molecule has 2 aromatic carbocycles. The lowest BCUT2D eigenvalue weighted by molar-refractivity contribution is 0.0248. The highest BCUT2D eigenvalue weighted by Gasteiger charge is 2.18. The molecule has 0 atom stereocenters. The number of hydrogen-bond donors (Lipinski definition) is 0. The van der Waals surface area contributed by atoms with Crippen molar-refractivity contribution in [3.63, 3.8) is 0 Å². The monoisotopic (exact) mass is 500 g/mol. The molecule has 0 unspecified atom stereocenters. The number of hydrogen-bond acceptors (Lipinski definition) is 2. The van der Waals surface area contributed by atoms with Gasteiger partial charge in [0.05, 0.1) is 30.9 Å². The summed E-state index contributed by atoms with van der Waals surface area (Å²) in [4.78, 5) is 2.44. The van der Waals surface area contributed by atoms with Gasteiger partial charge in [0.15, 0.2) is 0 Å². The Kier molecular flexibility index (Phi) is 4.54. The molecule has 0 aliphatic carbocycles. The van der Waals surface area contributed by atoms with Gasteiger partial charge in [-0.3, -0.25) is 4.90 Å². The van der Waals surface area contributed by atoms with Crippen LogP contribution in [0.1, 0.15) is 0 Å². The first-order valence-electron chi connectivity index (χ1n) is 7.50. The van der Waals surface area contributed by atoms with Crippen LogP contribution in [-0.4, -0.2) is 35.8 Å². The number of halogens is 3. The Labute approximate surface area is 160 Å². The van der Waals surface area contributed by atoms with Gasteiger partial charge in [-0.05, 0) is 46.3 Å². The van der Waals surface area contributed by atoms with E-state index in [1.165, 1.54) is 21.8 Å². The summed E-state index contributed by atoms with van der Waals surface area (Å²) in [5, 5.41) is 2.53. The predicted octanol–water partition coefficient (Wildman–Crippen LogP) is 5.37. The summed E-state index contributed by atoms with van der Waals surface area (Å²) in [5.41, 5.74) is 2.50. The molecule has 3 nitrogen and oxygen atoms in total. The molecule has 120 valence electrons. The molecule has 0 bridgehead atoms. The van der Waals surface area contributed by atoms with Gasteiger partial charge in [0, 0.05) is 37.3 Å². The average molecular weight is 503 g/mol. The second-order valence-corrected chi connectivity index (χ2v) is 8.43. The van der Waals surface area contributed by atoms with Crippen molar-refractivity contribution in [2.75, 3.05) is 26.3 Å². The number of benzene rings is 2. The lowest BCUT2D eigenvalue weighted by Gasteiger charge is -2.27. The molecule has 4 rings (SSSR count). The molecule has 2 heterocycles. The molecular weight excluding hydrogens is 488 g/mol. The molecule has 0 saturated carbocycles. The van der Waals surface area contributed by atoms with E-state index in [0.29, 0.717) is 0 Å². The van der Waals surface area contributed by atoms with E-state index in [1.54, 1.807) is 0 Å². The Balaban J connectivity index is 1.95. The molecule has 1 aliphatic heterocycles. The number of aromatic nitrogens is 1. The Morgan fingerprint density at radius 3 is 2.43 bits per heavy atom. The maximum Gasteiger partial charge on any atom is 0.0759 e. The predicted molar refractivity (Wildman–Crippen MR) is 105 cm³/mol. The van der Waals surface area contributed by atoms with Crippen molar-refractivity contribution >= 4 is 69.6 Å². The van der Waals surface area contributed by atoms with Crippen LogP contribution in [0.4, 0.5) is 0 Å². The van der Waals surface area contributed by atoms with Crippen LogP contribution in [0, 0.1) is 0 Å². The van der Waals surface area contributed by atoms with E-state index in [4.69, 9.17) is 4.74 Å². The lowest BCUT2D eigenvalue weighted by atomic mass is 10.2. The Morgan fingerprint density at radius 2 is 1.65 bits per heavy atom. The zero-order valence-electron chi connectivity index (χ0n) is 12.4. The Bertz CT molecular complexity index is 885. The first-order valence-corrected chi connectivity index (χ1v) is 9.88. The highest BCUT2D eigenvalue weighted by Crippen LogP contribution is 2.37. The maximum atomic E-state index is 5.48. The van der Waals surface area contributed by atoms with Gasteiger partial charge in [-0.15, -0.1) is 0 Å². The van der Waals surface area contributed by atoms with E-state index in [1.807, 2.05) is 0 Å². The number of ether oxygens (including phenoxy) is 1. The van der Waals surface area contributed by atoms with E-state index < -0.39 is 0 Å². The molecule has 0 spiro atoms. The molecule has 6 heteroatoms. The fraction of sp³-hybridized carbons (Fsp3) is 0.294.